The highest BCUT2D eigenvalue weighted by Crippen LogP contribution is 2.08. The average Bonchev–Trinajstić information content (AvgIpc) is 2.36. The Morgan fingerprint density at radius 3 is 2.67 bits per heavy atom. The summed E-state index contributed by atoms with van der Waals surface area (Å²) in [5, 5.41) is 12.3. The van der Waals surface area contributed by atoms with Crippen molar-refractivity contribution in [2.75, 3.05) is 18.8 Å². The SMILES string of the molecule is CCCS(=O)[C@@H]1CNC[C@H]1O.Cl. The second-order valence-corrected chi connectivity index (χ2v) is 4.62. The Labute approximate surface area is 81.8 Å². The summed E-state index contributed by atoms with van der Waals surface area (Å²) < 4.78 is 11.4. The van der Waals surface area contributed by atoms with Gasteiger partial charge in [0.15, 0.2) is 0 Å². The third-order valence-corrected chi connectivity index (χ3v) is 3.84. The van der Waals surface area contributed by atoms with Crippen LogP contribution >= 0.6 is 12.4 Å². The third kappa shape index (κ3) is 3.01. The molecule has 1 fully saturated rings. The summed E-state index contributed by atoms with van der Waals surface area (Å²) in [6.45, 7) is 3.31. The molecule has 0 amide bonds. The molecule has 0 aliphatic carbocycles. The Morgan fingerprint density at radius 1 is 1.58 bits per heavy atom. The molecule has 1 heterocycles. The summed E-state index contributed by atoms with van der Waals surface area (Å²) in [4.78, 5) is 0. The average molecular weight is 214 g/mol. The largest absolute Gasteiger partial charge is 0.390 e. The highest BCUT2D eigenvalue weighted by Gasteiger charge is 2.29. The smallest absolute Gasteiger partial charge is 0.0820 e. The number of nitrogens with one attached hydrogen (secondary N) is 1. The minimum Gasteiger partial charge on any atom is -0.390 e. The fourth-order valence-electron chi connectivity index (χ4n) is 1.26. The maximum atomic E-state index is 11.4. The molecule has 0 spiro atoms. The van der Waals surface area contributed by atoms with Crippen LogP contribution in [0.15, 0.2) is 0 Å². The molecule has 0 bridgehead atoms. The number of hydrogen-bond acceptors (Lipinski definition) is 3. The topological polar surface area (TPSA) is 49.3 Å². The van der Waals surface area contributed by atoms with Crippen LogP contribution in [0, 0.1) is 0 Å². The van der Waals surface area contributed by atoms with Gasteiger partial charge in [0.25, 0.3) is 0 Å². The van der Waals surface area contributed by atoms with Crippen molar-refractivity contribution in [1.82, 2.24) is 5.32 Å². The van der Waals surface area contributed by atoms with Gasteiger partial charge in [-0.3, -0.25) is 4.21 Å². The van der Waals surface area contributed by atoms with Crippen molar-refractivity contribution in [1.29, 1.82) is 0 Å². The predicted molar refractivity (Wildman–Crippen MR) is 53.2 cm³/mol. The van der Waals surface area contributed by atoms with Gasteiger partial charge in [0.2, 0.25) is 0 Å². The zero-order chi connectivity index (χ0) is 8.27. The van der Waals surface area contributed by atoms with Crippen LogP contribution in [-0.2, 0) is 10.8 Å². The zero-order valence-electron chi connectivity index (χ0n) is 7.16. The molecular formula is C7H16ClNO2S. The minimum absolute atomic E-state index is 0. The first-order valence-corrected chi connectivity index (χ1v) is 5.40. The molecule has 1 aliphatic rings. The molecule has 3 nitrogen and oxygen atoms in total. The van der Waals surface area contributed by atoms with Gasteiger partial charge >= 0.3 is 0 Å². The van der Waals surface area contributed by atoms with E-state index in [0.717, 1.165) is 6.42 Å². The maximum absolute atomic E-state index is 11.4. The van der Waals surface area contributed by atoms with Gasteiger partial charge < -0.3 is 10.4 Å². The fourth-order valence-corrected chi connectivity index (χ4v) is 2.72. The van der Waals surface area contributed by atoms with Crippen molar-refractivity contribution >= 4 is 23.2 Å². The molecular weight excluding hydrogens is 198 g/mol. The Balaban J connectivity index is 0.00000121. The molecule has 0 aromatic heterocycles. The van der Waals surface area contributed by atoms with E-state index in [9.17, 15) is 9.32 Å². The molecule has 2 N–H and O–H groups in total. The second kappa shape index (κ2) is 5.91. The molecule has 1 rings (SSSR count). The van der Waals surface area contributed by atoms with E-state index in [1.807, 2.05) is 6.92 Å². The first kappa shape index (κ1) is 12.4. The Morgan fingerprint density at radius 2 is 2.25 bits per heavy atom. The lowest BCUT2D eigenvalue weighted by atomic mass is 10.3. The van der Waals surface area contributed by atoms with E-state index in [1.54, 1.807) is 0 Å². The quantitative estimate of drug-likeness (QED) is 0.689. The van der Waals surface area contributed by atoms with E-state index >= 15 is 0 Å². The van der Waals surface area contributed by atoms with Gasteiger partial charge in [-0.05, 0) is 6.42 Å². The second-order valence-electron chi connectivity index (χ2n) is 2.85. The van der Waals surface area contributed by atoms with Crippen LogP contribution in [0.3, 0.4) is 0 Å². The molecule has 74 valence electrons. The monoisotopic (exact) mass is 213 g/mol. The molecule has 0 radical (unpaired) electrons. The first-order valence-electron chi connectivity index (χ1n) is 4.01. The first-order chi connectivity index (χ1) is 5.25. The summed E-state index contributed by atoms with van der Waals surface area (Å²) >= 11 is 0. The van der Waals surface area contributed by atoms with Gasteiger partial charge in [0.1, 0.15) is 0 Å². The molecule has 5 heteroatoms. The Hall–Kier alpha value is 0.360. The van der Waals surface area contributed by atoms with E-state index < -0.39 is 16.9 Å². The zero-order valence-corrected chi connectivity index (χ0v) is 8.79. The van der Waals surface area contributed by atoms with Crippen LogP contribution in [0.1, 0.15) is 13.3 Å². The van der Waals surface area contributed by atoms with Crippen molar-refractivity contribution in [3.63, 3.8) is 0 Å². The molecule has 0 aromatic carbocycles. The van der Waals surface area contributed by atoms with Crippen LogP contribution in [0.2, 0.25) is 0 Å². The van der Waals surface area contributed by atoms with Gasteiger partial charge in [-0.1, -0.05) is 6.92 Å². The van der Waals surface area contributed by atoms with Crippen LogP contribution in [-0.4, -0.2) is 39.5 Å². The summed E-state index contributed by atoms with van der Waals surface area (Å²) in [7, 11) is -0.838. The summed E-state index contributed by atoms with van der Waals surface area (Å²) in [6.07, 6.45) is 0.526. The van der Waals surface area contributed by atoms with Gasteiger partial charge in [0, 0.05) is 29.6 Å². The van der Waals surface area contributed by atoms with E-state index in [2.05, 4.69) is 5.32 Å². The van der Waals surface area contributed by atoms with Crippen LogP contribution in [0.5, 0.6) is 0 Å². The molecule has 12 heavy (non-hydrogen) atoms. The number of halogens is 1. The highest BCUT2D eigenvalue weighted by atomic mass is 35.5. The fraction of sp³-hybridized carbons (Fsp3) is 1.00. The molecule has 0 aromatic rings. The highest BCUT2D eigenvalue weighted by molar-refractivity contribution is 7.85. The minimum atomic E-state index is -0.838. The molecule has 0 saturated carbocycles. The van der Waals surface area contributed by atoms with E-state index in [4.69, 9.17) is 0 Å². The third-order valence-electron chi connectivity index (χ3n) is 1.87. The molecule has 1 aliphatic heterocycles. The van der Waals surface area contributed by atoms with Crippen LogP contribution < -0.4 is 5.32 Å². The Kier molecular flexibility index (Phi) is 6.09. The summed E-state index contributed by atoms with van der Waals surface area (Å²) in [5.74, 6) is 0.712. The van der Waals surface area contributed by atoms with E-state index in [-0.39, 0.29) is 17.7 Å². The molecule has 1 unspecified atom stereocenters. The number of aliphatic hydroxyl groups excluding tert-OH is 1. The normalized spacial score (nSPS) is 31.2. The van der Waals surface area contributed by atoms with Crippen molar-refractivity contribution in [3.8, 4) is 0 Å². The lowest BCUT2D eigenvalue weighted by molar-refractivity contribution is 0.199. The standard InChI is InChI=1S/C7H15NO2S.ClH/c1-2-3-11(10)7-5-8-4-6(7)9;/h6-9H,2-5H2,1H3;1H/t6-,7-,11?;/m1./s1. The number of rotatable bonds is 3. The van der Waals surface area contributed by atoms with Crippen molar-refractivity contribution < 1.29 is 9.32 Å². The van der Waals surface area contributed by atoms with Gasteiger partial charge in [-0.25, -0.2) is 0 Å². The lowest BCUT2D eigenvalue weighted by Gasteiger charge is -2.11. The van der Waals surface area contributed by atoms with Crippen LogP contribution in [0.4, 0.5) is 0 Å². The molecule has 3 atom stereocenters. The van der Waals surface area contributed by atoms with Gasteiger partial charge in [-0.2, -0.15) is 0 Å². The summed E-state index contributed by atoms with van der Waals surface area (Å²) in [5.41, 5.74) is 0. The molecule has 1 saturated heterocycles. The lowest BCUT2D eigenvalue weighted by Crippen LogP contribution is -2.29. The van der Waals surface area contributed by atoms with Crippen molar-refractivity contribution in [3.05, 3.63) is 0 Å². The van der Waals surface area contributed by atoms with Gasteiger partial charge in [0.05, 0.1) is 11.4 Å². The predicted octanol–water partition coefficient (Wildman–Crippen LogP) is -0.100. The van der Waals surface area contributed by atoms with E-state index in [0.29, 0.717) is 18.8 Å². The maximum Gasteiger partial charge on any atom is 0.0820 e. The number of aliphatic hydroxyl groups is 1. The number of β-amino-alcohol motifs (C(OH)–C–C–N with tert-alkyl or cyclic N) is 1. The van der Waals surface area contributed by atoms with Gasteiger partial charge in [-0.15, -0.1) is 12.4 Å². The van der Waals surface area contributed by atoms with E-state index in [1.165, 1.54) is 0 Å². The Bertz CT molecular complexity index is 156. The van der Waals surface area contributed by atoms with Crippen LogP contribution in [0.25, 0.3) is 0 Å². The van der Waals surface area contributed by atoms with Crippen molar-refractivity contribution in [2.45, 2.75) is 24.7 Å². The number of hydrogen-bond donors (Lipinski definition) is 2. The summed E-state index contributed by atoms with van der Waals surface area (Å²) in [6, 6.07) is 0. The van der Waals surface area contributed by atoms with Crippen molar-refractivity contribution in [2.24, 2.45) is 0 Å².